The molecule has 18 heavy (non-hydrogen) atoms. The largest absolute Gasteiger partial charge is 0.383 e. The molecular weight excluding hydrogens is 292 g/mol. The van der Waals surface area contributed by atoms with Gasteiger partial charge in [0.2, 0.25) is 0 Å². The molecular formula is C14H19BrN2O. The van der Waals surface area contributed by atoms with Gasteiger partial charge in [-0.05, 0) is 24.1 Å². The molecule has 0 amide bonds. The lowest BCUT2D eigenvalue weighted by Crippen LogP contribution is -2.31. The summed E-state index contributed by atoms with van der Waals surface area (Å²) in [6, 6.07) is 7.97. The topological polar surface area (TPSA) is 36.3 Å². The normalized spacial score (nSPS) is 10.4. The maximum absolute atomic E-state index is 9.01. The zero-order valence-electron chi connectivity index (χ0n) is 11.1. The molecule has 1 rings (SSSR count). The van der Waals surface area contributed by atoms with Crippen LogP contribution in [-0.4, -0.2) is 26.8 Å². The molecule has 0 aliphatic carbocycles. The van der Waals surface area contributed by atoms with Crippen LogP contribution in [0, 0.1) is 17.2 Å². The number of halogens is 1. The second kappa shape index (κ2) is 7.40. The van der Waals surface area contributed by atoms with Crippen molar-refractivity contribution < 1.29 is 4.74 Å². The number of benzene rings is 1. The molecule has 0 saturated heterocycles. The van der Waals surface area contributed by atoms with Crippen LogP contribution < -0.4 is 4.90 Å². The van der Waals surface area contributed by atoms with Gasteiger partial charge in [-0.15, -0.1) is 0 Å². The van der Waals surface area contributed by atoms with Gasteiger partial charge >= 0.3 is 0 Å². The highest BCUT2D eigenvalue weighted by Crippen LogP contribution is 2.23. The summed E-state index contributed by atoms with van der Waals surface area (Å²) in [5.41, 5.74) is 1.73. The highest BCUT2D eigenvalue weighted by molar-refractivity contribution is 9.10. The molecule has 0 aliphatic rings. The molecule has 0 unspecified atom stereocenters. The quantitative estimate of drug-likeness (QED) is 0.807. The minimum Gasteiger partial charge on any atom is -0.383 e. The van der Waals surface area contributed by atoms with Crippen molar-refractivity contribution in [2.45, 2.75) is 13.8 Å². The first-order valence-electron chi connectivity index (χ1n) is 6.01. The molecule has 0 N–H and O–H groups in total. The van der Waals surface area contributed by atoms with Gasteiger partial charge in [-0.25, -0.2) is 0 Å². The van der Waals surface area contributed by atoms with Crippen LogP contribution in [0.2, 0.25) is 0 Å². The summed E-state index contributed by atoms with van der Waals surface area (Å²) in [5.74, 6) is 0.561. The van der Waals surface area contributed by atoms with E-state index >= 15 is 0 Å². The molecule has 0 bridgehead atoms. The van der Waals surface area contributed by atoms with E-state index in [0.29, 0.717) is 18.1 Å². The van der Waals surface area contributed by atoms with E-state index in [9.17, 15) is 0 Å². The Morgan fingerprint density at radius 2 is 2.11 bits per heavy atom. The Labute approximate surface area is 117 Å². The molecule has 0 atom stereocenters. The molecule has 3 nitrogen and oxygen atoms in total. The van der Waals surface area contributed by atoms with E-state index in [-0.39, 0.29) is 0 Å². The van der Waals surface area contributed by atoms with E-state index in [1.807, 2.05) is 18.2 Å². The molecule has 1 aromatic carbocycles. The fraction of sp³-hybridized carbons (Fsp3) is 0.500. The summed E-state index contributed by atoms with van der Waals surface area (Å²) < 4.78 is 6.08. The van der Waals surface area contributed by atoms with Crippen LogP contribution in [0.25, 0.3) is 0 Å². The average molecular weight is 311 g/mol. The van der Waals surface area contributed by atoms with Crippen molar-refractivity contribution in [3.63, 3.8) is 0 Å². The van der Waals surface area contributed by atoms with Crippen molar-refractivity contribution in [2.24, 2.45) is 5.92 Å². The lowest BCUT2D eigenvalue weighted by atomic mass is 10.1. The van der Waals surface area contributed by atoms with Gasteiger partial charge in [-0.3, -0.25) is 0 Å². The van der Waals surface area contributed by atoms with E-state index in [1.165, 1.54) is 0 Å². The number of methoxy groups -OCH3 is 1. The Balaban J connectivity index is 2.96. The van der Waals surface area contributed by atoms with Gasteiger partial charge in [0, 0.05) is 30.4 Å². The number of rotatable bonds is 6. The minimum atomic E-state index is 0.561. The molecule has 0 aliphatic heterocycles. The van der Waals surface area contributed by atoms with Crippen LogP contribution in [0.4, 0.5) is 5.69 Å². The molecule has 1 aromatic rings. The van der Waals surface area contributed by atoms with E-state index in [1.54, 1.807) is 7.11 Å². The minimum absolute atomic E-state index is 0.561. The number of ether oxygens (including phenoxy) is 1. The molecule has 0 aromatic heterocycles. The number of hydrogen-bond donors (Lipinski definition) is 0. The second-order valence-electron chi connectivity index (χ2n) is 4.64. The van der Waals surface area contributed by atoms with Crippen LogP contribution in [0.15, 0.2) is 22.7 Å². The van der Waals surface area contributed by atoms with Crippen molar-refractivity contribution >= 4 is 21.6 Å². The zero-order chi connectivity index (χ0) is 13.5. The molecule has 98 valence electrons. The van der Waals surface area contributed by atoms with E-state index in [0.717, 1.165) is 23.2 Å². The molecule has 0 radical (unpaired) electrons. The summed E-state index contributed by atoms with van der Waals surface area (Å²) >= 11 is 3.45. The predicted octanol–water partition coefficient (Wildman–Crippen LogP) is 3.43. The summed E-state index contributed by atoms with van der Waals surface area (Å²) in [7, 11) is 1.70. The molecule has 4 heteroatoms. The summed E-state index contributed by atoms with van der Waals surface area (Å²) in [6.07, 6.45) is 0. The van der Waals surface area contributed by atoms with E-state index in [4.69, 9.17) is 10.00 Å². The third-order valence-electron chi connectivity index (χ3n) is 2.53. The van der Waals surface area contributed by atoms with Gasteiger partial charge in [0.25, 0.3) is 0 Å². The van der Waals surface area contributed by atoms with Gasteiger partial charge in [0.1, 0.15) is 0 Å². The third-order valence-corrected chi connectivity index (χ3v) is 2.99. The molecule has 0 saturated carbocycles. The van der Waals surface area contributed by atoms with Crippen molar-refractivity contribution in [3.05, 3.63) is 28.2 Å². The molecule has 0 spiro atoms. The third kappa shape index (κ3) is 4.67. The molecule has 0 heterocycles. The number of anilines is 1. The lowest BCUT2D eigenvalue weighted by molar-refractivity contribution is 0.204. The Bertz CT molecular complexity index is 426. The summed E-state index contributed by atoms with van der Waals surface area (Å²) in [4.78, 5) is 2.25. The van der Waals surface area contributed by atoms with Gasteiger partial charge in [-0.1, -0.05) is 29.8 Å². The van der Waals surface area contributed by atoms with Crippen LogP contribution in [0.3, 0.4) is 0 Å². The Morgan fingerprint density at radius 3 is 2.67 bits per heavy atom. The first-order chi connectivity index (χ1) is 8.56. The van der Waals surface area contributed by atoms with Gasteiger partial charge in [-0.2, -0.15) is 5.26 Å². The number of nitrogens with zero attached hydrogens (tertiary/aromatic N) is 2. The highest BCUT2D eigenvalue weighted by atomic mass is 79.9. The van der Waals surface area contributed by atoms with E-state index in [2.05, 4.69) is 40.7 Å². The number of nitriles is 1. The zero-order valence-corrected chi connectivity index (χ0v) is 12.7. The fourth-order valence-corrected chi connectivity index (χ4v) is 2.27. The second-order valence-corrected chi connectivity index (χ2v) is 5.56. The van der Waals surface area contributed by atoms with Crippen LogP contribution in [-0.2, 0) is 4.74 Å². The van der Waals surface area contributed by atoms with Gasteiger partial charge in [0.05, 0.1) is 18.2 Å². The maximum atomic E-state index is 9.01. The molecule has 0 fully saturated rings. The van der Waals surface area contributed by atoms with Crippen LogP contribution in [0.5, 0.6) is 0 Å². The van der Waals surface area contributed by atoms with Crippen LogP contribution >= 0.6 is 15.9 Å². The Kier molecular flexibility index (Phi) is 6.17. The van der Waals surface area contributed by atoms with Crippen LogP contribution in [0.1, 0.15) is 19.4 Å². The lowest BCUT2D eigenvalue weighted by Gasteiger charge is -2.26. The predicted molar refractivity (Wildman–Crippen MR) is 77.8 cm³/mol. The SMILES string of the molecule is COCCN(CC(C)C)c1cc(Br)cc(C#N)c1. The van der Waals surface area contributed by atoms with Gasteiger partial charge < -0.3 is 9.64 Å². The Hall–Kier alpha value is -1.05. The fourth-order valence-electron chi connectivity index (χ4n) is 1.79. The first kappa shape index (κ1) is 15.0. The smallest absolute Gasteiger partial charge is 0.0992 e. The highest BCUT2D eigenvalue weighted by Gasteiger charge is 2.10. The number of hydrogen-bond acceptors (Lipinski definition) is 3. The summed E-state index contributed by atoms with van der Waals surface area (Å²) in [5, 5.41) is 9.01. The maximum Gasteiger partial charge on any atom is 0.0992 e. The van der Waals surface area contributed by atoms with E-state index < -0.39 is 0 Å². The van der Waals surface area contributed by atoms with Crippen molar-refractivity contribution in [3.8, 4) is 6.07 Å². The summed E-state index contributed by atoms with van der Waals surface area (Å²) in [6.45, 7) is 6.83. The first-order valence-corrected chi connectivity index (χ1v) is 6.80. The standard InChI is InChI=1S/C14H19BrN2O/c1-11(2)10-17(4-5-18-3)14-7-12(9-16)6-13(15)8-14/h6-8,11H,4-5,10H2,1-3H3. The van der Waals surface area contributed by atoms with Gasteiger partial charge in [0.15, 0.2) is 0 Å². The Morgan fingerprint density at radius 1 is 1.39 bits per heavy atom. The van der Waals surface area contributed by atoms with Crippen molar-refractivity contribution in [2.75, 3.05) is 31.7 Å². The van der Waals surface area contributed by atoms with Crippen molar-refractivity contribution in [1.82, 2.24) is 0 Å². The average Bonchev–Trinajstić information content (AvgIpc) is 2.33. The van der Waals surface area contributed by atoms with Crippen molar-refractivity contribution in [1.29, 1.82) is 5.26 Å². The monoisotopic (exact) mass is 310 g/mol.